The standard InChI is InChI=1S/C25H35N3O2/c1-6-19-9-7-8-10-22(19)28-24(30)16-26-23(29)15-27-25(18(4)5)21-13-11-20(12-14-21)17(2)3/h7-14,17-18,25,27H,6,15-16H2,1-5H3,(H,26,29)(H,28,30)/p+1/t25-/m0/s1. The largest absolute Gasteiger partial charge is 0.342 e. The SMILES string of the molecule is CCc1ccccc1NC(=O)CNC(=O)C[NH2+][C@H](c1ccc(C(C)C)cc1)C(C)C. The van der Waals surface area contributed by atoms with Crippen LogP contribution in [0.1, 0.15) is 63.3 Å². The summed E-state index contributed by atoms with van der Waals surface area (Å²) in [7, 11) is 0. The van der Waals surface area contributed by atoms with E-state index in [9.17, 15) is 9.59 Å². The van der Waals surface area contributed by atoms with Crippen molar-refractivity contribution < 1.29 is 14.9 Å². The van der Waals surface area contributed by atoms with Gasteiger partial charge in [-0.05, 0) is 29.5 Å². The molecule has 0 fully saturated rings. The average molecular weight is 411 g/mol. The lowest BCUT2D eigenvalue weighted by atomic mass is 9.93. The third kappa shape index (κ3) is 6.99. The molecule has 0 bridgehead atoms. The van der Waals surface area contributed by atoms with E-state index in [1.807, 2.05) is 31.2 Å². The molecule has 0 aliphatic heterocycles. The second-order valence-corrected chi connectivity index (χ2v) is 8.37. The Labute approximate surface area is 180 Å². The molecule has 0 heterocycles. The zero-order chi connectivity index (χ0) is 22.1. The Kier molecular flexibility index (Phi) is 9.06. The Hall–Kier alpha value is -2.66. The quantitative estimate of drug-likeness (QED) is 0.562. The number of rotatable bonds is 10. The van der Waals surface area contributed by atoms with Gasteiger partial charge < -0.3 is 16.0 Å². The molecule has 2 amide bonds. The van der Waals surface area contributed by atoms with E-state index in [1.54, 1.807) is 0 Å². The summed E-state index contributed by atoms with van der Waals surface area (Å²) < 4.78 is 0. The van der Waals surface area contributed by atoms with Crippen LogP contribution in [-0.4, -0.2) is 24.9 Å². The van der Waals surface area contributed by atoms with E-state index in [1.165, 1.54) is 11.1 Å². The molecule has 0 radical (unpaired) electrons. The van der Waals surface area contributed by atoms with Crippen molar-refractivity contribution in [1.29, 1.82) is 0 Å². The van der Waals surface area contributed by atoms with Crippen molar-refractivity contribution in [3.63, 3.8) is 0 Å². The summed E-state index contributed by atoms with van der Waals surface area (Å²) in [5.41, 5.74) is 4.41. The topological polar surface area (TPSA) is 74.8 Å². The molecule has 0 aliphatic rings. The molecule has 0 saturated carbocycles. The summed E-state index contributed by atoms with van der Waals surface area (Å²) in [4.78, 5) is 24.5. The molecule has 1 atom stereocenters. The molecule has 0 saturated heterocycles. The predicted octanol–water partition coefficient (Wildman–Crippen LogP) is 3.39. The van der Waals surface area contributed by atoms with Gasteiger partial charge in [0.1, 0.15) is 6.04 Å². The molecule has 2 aromatic rings. The van der Waals surface area contributed by atoms with Crippen LogP contribution < -0.4 is 16.0 Å². The fraction of sp³-hybridized carbons (Fsp3) is 0.440. The van der Waals surface area contributed by atoms with E-state index in [2.05, 4.69) is 67.9 Å². The number of nitrogens with two attached hydrogens (primary N) is 1. The van der Waals surface area contributed by atoms with E-state index >= 15 is 0 Å². The first kappa shape index (κ1) is 23.6. The molecule has 2 aromatic carbocycles. The minimum atomic E-state index is -0.214. The number of benzene rings is 2. The summed E-state index contributed by atoms with van der Waals surface area (Å²) in [5.74, 6) is 0.533. The first-order valence-electron chi connectivity index (χ1n) is 10.9. The highest BCUT2D eigenvalue weighted by Crippen LogP contribution is 2.21. The maximum absolute atomic E-state index is 12.3. The summed E-state index contributed by atoms with van der Waals surface area (Å²) in [6.07, 6.45) is 0.840. The van der Waals surface area contributed by atoms with E-state index < -0.39 is 0 Å². The second-order valence-electron chi connectivity index (χ2n) is 8.37. The molecule has 0 spiro atoms. The smallest absolute Gasteiger partial charge is 0.275 e. The number of aryl methyl sites for hydroxylation is 1. The molecular weight excluding hydrogens is 374 g/mol. The number of nitrogens with one attached hydrogen (secondary N) is 2. The van der Waals surface area contributed by atoms with Crippen molar-refractivity contribution in [2.45, 2.75) is 53.0 Å². The zero-order valence-electron chi connectivity index (χ0n) is 18.9. The van der Waals surface area contributed by atoms with Gasteiger partial charge in [0.2, 0.25) is 5.91 Å². The monoisotopic (exact) mass is 410 g/mol. The van der Waals surface area contributed by atoms with Crippen LogP contribution in [-0.2, 0) is 16.0 Å². The first-order valence-corrected chi connectivity index (χ1v) is 10.9. The Morgan fingerprint density at radius 3 is 2.13 bits per heavy atom. The summed E-state index contributed by atoms with van der Waals surface area (Å²) in [6.45, 7) is 11.0. The second kappa shape index (κ2) is 11.5. The number of carbonyl (C=O) groups excluding carboxylic acids is 2. The maximum atomic E-state index is 12.3. The third-order valence-electron chi connectivity index (χ3n) is 5.38. The van der Waals surface area contributed by atoms with Gasteiger partial charge in [0.25, 0.3) is 5.91 Å². The van der Waals surface area contributed by atoms with Gasteiger partial charge in [-0.25, -0.2) is 0 Å². The maximum Gasteiger partial charge on any atom is 0.275 e. The minimum Gasteiger partial charge on any atom is -0.342 e. The highest BCUT2D eigenvalue weighted by Gasteiger charge is 2.21. The van der Waals surface area contributed by atoms with Crippen molar-refractivity contribution in [3.05, 3.63) is 65.2 Å². The summed E-state index contributed by atoms with van der Waals surface area (Å²) >= 11 is 0. The van der Waals surface area contributed by atoms with Gasteiger partial charge in [-0.15, -0.1) is 0 Å². The number of anilines is 1. The van der Waals surface area contributed by atoms with Crippen LogP contribution >= 0.6 is 0 Å². The minimum absolute atomic E-state index is 0.0276. The number of para-hydroxylation sites is 1. The molecule has 2 rings (SSSR count). The zero-order valence-corrected chi connectivity index (χ0v) is 18.9. The predicted molar refractivity (Wildman–Crippen MR) is 122 cm³/mol. The Bertz CT molecular complexity index is 829. The molecule has 0 aliphatic carbocycles. The van der Waals surface area contributed by atoms with Crippen molar-refractivity contribution in [2.24, 2.45) is 5.92 Å². The van der Waals surface area contributed by atoms with E-state index in [0.717, 1.165) is 17.7 Å². The number of hydrogen-bond acceptors (Lipinski definition) is 2. The fourth-order valence-electron chi connectivity index (χ4n) is 3.53. The van der Waals surface area contributed by atoms with Crippen LogP contribution in [0.15, 0.2) is 48.5 Å². The van der Waals surface area contributed by atoms with Gasteiger partial charge in [0.15, 0.2) is 6.54 Å². The molecule has 5 heteroatoms. The average Bonchev–Trinajstić information content (AvgIpc) is 2.73. The summed E-state index contributed by atoms with van der Waals surface area (Å²) in [5, 5.41) is 7.65. The molecule has 30 heavy (non-hydrogen) atoms. The number of carbonyl (C=O) groups is 2. The van der Waals surface area contributed by atoms with Crippen molar-refractivity contribution in [3.8, 4) is 0 Å². The number of quaternary nitrogens is 1. The van der Waals surface area contributed by atoms with E-state index in [4.69, 9.17) is 0 Å². The van der Waals surface area contributed by atoms with Gasteiger partial charge in [0.05, 0.1) is 6.54 Å². The van der Waals surface area contributed by atoms with Gasteiger partial charge >= 0.3 is 0 Å². The normalized spacial score (nSPS) is 12.1. The third-order valence-corrected chi connectivity index (χ3v) is 5.38. The summed E-state index contributed by atoms with van der Waals surface area (Å²) in [6, 6.07) is 16.6. The van der Waals surface area contributed by atoms with Crippen LogP contribution in [0.3, 0.4) is 0 Å². The molecule has 0 aromatic heterocycles. The van der Waals surface area contributed by atoms with Crippen LogP contribution in [0.4, 0.5) is 5.69 Å². The number of hydrogen-bond donors (Lipinski definition) is 3. The molecular formula is C25H36N3O2+. The van der Waals surface area contributed by atoms with Crippen LogP contribution in [0.5, 0.6) is 0 Å². The number of amides is 2. The van der Waals surface area contributed by atoms with Crippen LogP contribution in [0, 0.1) is 5.92 Å². The highest BCUT2D eigenvalue weighted by molar-refractivity contribution is 5.95. The highest BCUT2D eigenvalue weighted by atomic mass is 16.2. The Morgan fingerprint density at radius 2 is 1.53 bits per heavy atom. The Morgan fingerprint density at radius 1 is 0.900 bits per heavy atom. The lowest BCUT2D eigenvalue weighted by Gasteiger charge is -2.20. The first-order chi connectivity index (χ1) is 14.3. The van der Waals surface area contributed by atoms with Crippen molar-refractivity contribution in [2.75, 3.05) is 18.4 Å². The Balaban J connectivity index is 1.85. The van der Waals surface area contributed by atoms with Crippen LogP contribution in [0.25, 0.3) is 0 Å². The van der Waals surface area contributed by atoms with Gasteiger partial charge in [0, 0.05) is 17.2 Å². The van der Waals surface area contributed by atoms with Crippen molar-refractivity contribution >= 4 is 17.5 Å². The van der Waals surface area contributed by atoms with E-state index in [0.29, 0.717) is 11.8 Å². The fourth-order valence-corrected chi connectivity index (χ4v) is 3.53. The van der Waals surface area contributed by atoms with Crippen LogP contribution in [0.2, 0.25) is 0 Å². The van der Waals surface area contributed by atoms with E-state index in [-0.39, 0.29) is 30.9 Å². The van der Waals surface area contributed by atoms with Gasteiger partial charge in [-0.1, -0.05) is 77.1 Å². The molecule has 162 valence electrons. The van der Waals surface area contributed by atoms with Crippen molar-refractivity contribution in [1.82, 2.24) is 5.32 Å². The molecule has 0 unspecified atom stereocenters. The lowest BCUT2D eigenvalue weighted by Crippen LogP contribution is -2.88. The van der Waals surface area contributed by atoms with Gasteiger partial charge in [-0.2, -0.15) is 0 Å². The lowest BCUT2D eigenvalue weighted by molar-refractivity contribution is -0.692. The molecule has 4 N–H and O–H groups in total. The van der Waals surface area contributed by atoms with Gasteiger partial charge in [-0.3, -0.25) is 9.59 Å². The molecule has 5 nitrogen and oxygen atoms in total.